The minimum absolute atomic E-state index is 0.835. The fraction of sp³-hybridized carbons (Fsp3) is 0.368. The third kappa shape index (κ3) is 4.55. The van der Waals surface area contributed by atoms with Gasteiger partial charge in [-0.3, -0.25) is 0 Å². The van der Waals surface area contributed by atoms with Crippen LogP contribution in [0.15, 0.2) is 54.7 Å². The van der Waals surface area contributed by atoms with Gasteiger partial charge in [0, 0.05) is 32.0 Å². The molecule has 4 nitrogen and oxygen atoms in total. The van der Waals surface area contributed by atoms with Crippen LogP contribution < -0.4 is 5.32 Å². The van der Waals surface area contributed by atoms with Crippen LogP contribution in [-0.4, -0.2) is 35.0 Å². The van der Waals surface area contributed by atoms with Crippen LogP contribution in [0.3, 0.4) is 0 Å². The predicted molar refractivity (Wildman–Crippen MR) is 96.6 cm³/mol. The highest BCUT2D eigenvalue weighted by Crippen LogP contribution is 2.24. The number of hydrogen-bond acceptors (Lipinski definition) is 4. The third-order valence-corrected chi connectivity index (χ3v) is 4.09. The van der Waals surface area contributed by atoms with Crippen LogP contribution in [0.2, 0.25) is 0 Å². The molecule has 0 aliphatic carbocycles. The molecular weight excluding hydrogens is 284 g/mol. The van der Waals surface area contributed by atoms with Crippen LogP contribution in [0.1, 0.15) is 31.0 Å². The number of likely N-dealkylation sites (N-methyl/N-ethyl adjacent to an activating group) is 1. The molecular formula is C19H26N4. The first-order chi connectivity index (χ1) is 11.0. The Labute approximate surface area is 139 Å². The van der Waals surface area contributed by atoms with Crippen LogP contribution >= 0.6 is 0 Å². The molecule has 0 amide bonds. The molecule has 1 aliphatic heterocycles. The van der Waals surface area contributed by atoms with Crippen LogP contribution in [-0.2, 0) is 0 Å². The number of aromatic nitrogens is 2. The molecule has 2 rings (SSSR count). The number of aryl methyl sites for hydroxylation is 1. The summed E-state index contributed by atoms with van der Waals surface area (Å²) in [6.07, 6.45) is 9.70. The summed E-state index contributed by atoms with van der Waals surface area (Å²) in [6.45, 7) is 14.1. The van der Waals surface area contributed by atoms with E-state index in [-0.39, 0.29) is 0 Å². The van der Waals surface area contributed by atoms with Gasteiger partial charge in [0.2, 0.25) is 0 Å². The van der Waals surface area contributed by atoms with Crippen molar-refractivity contribution in [1.29, 1.82) is 0 Å². The van der Waals surface area contributed by atoms with Crippen molar-refractivity contribution < 1.29 is 0 Å². The minimum Gasteiger partial charge on any atom is -0.383 e. The molecule has 122 valence electrons. The van der Waals surface area contributed by atoms with Gasteiger partial charge in [-0.15, -0.1) is 0 Å². The lowest BCUT2D eigenvalue weighted by atomic mass is 9.99. The molecule has 4 heteroatoms. The van der Waals surface area contributed by atoms with E-state index in [1.165, 1.54) is 16.8 Å². The maximum atomic E-state index is 4.26. The van der Waals surface area contributed by atoms with Crippen molar-refractivity contribution in [3.05, 3.63) is 65.9 Å². The molecule has 0 spiro atoms. The van der Waals surface area contributed by atoms with E-state index in [0.29, 0.717) is 0 Å². The molecule has 0 aromatic carbocycles. The monoisotopic (exact) mass is 310 g/mol. The van der Waals surface area contributed by atoms with Gasteiger partial charge >= 0.3 is 0 Å². The zero-order valence-electron chi connectivity index (χ0n) is 14.4. The summed E-state index contributed by atoms with van der Waals surface area (Å²) in [5, 5.41) is 3.33. The van der Waals surface area contributed by atoms with Gasteiger partial charge in [0.05, 0.1) is 11.4 Å². The summed E-state index contributed by atoms with van der Waals surface area (Å²) in [5.41, 5.74) is 6.72. The maximum Gasteiger partial charge on any atom is 0.116 e. The Balaban J connectivity index is 1.83. The van der Waals surface area contributed by atoms with Crippen LogP contribution in [0.25, 0.3) is 5.70 Å². The van der Waals surface area contributed by atoms with Gasteiger partial charge in [0.15, 0.2) is 0 Å². The largest absolute Gasteiger partial charge is 0.383 e. The van der Waals surface area contributed by atoms with Crippen molar-refractivity contribution in [2.45, 2.75) is 26.7 Å². The van der Waals surface area contributed by atoms with Crippen molar-refractivity contribution in [3.63, 3.8) is 0 Å². The fourth-order valence-corrected chi connectivity index (χ4v) is 2.66. The predicted octanol–water partition coefficient (Wildman–Crippen LogP) is 3.46. The molecule has 0 bridgehead atoms. The molecule has 1 aromatic rings. The second-order valence-electron chi connectivity index (χ2n) is 6.04. The van der Waals surface area contributed by atoms with Crippen molar-refractivity contribution in [2.24, 2.45) is 0 Å². The van der Waals surface area contributed by atoms with Gasteiger partial charge < -0.3 is 10.2 Å². The Morgan fingerprint density at radius 3 is 2.96 bits per heavy atom. The number of hydrogen-bond donors (Lipinski definition) is 1. The number of allylic oxidation sites excluding steroid dienone is 3. The second-order valence-corrected chi connectivity index (χ2v) is 6.04. The average molecular weight is 310 g/mol. The maximum absolute atomic E-state index is 4.26. The van der Waals surface area contributed by atoms with E-state index in [1.807, 2.05) is 6.92 Å². The van der Waals surface area contributed by atoms with E-state index in [4.69, 9.17) is 0 Å². The quantitative estimate of drug-likeness (QED) is 0.645. The first kappa shape index (κ1) is 17.0. The second kappa shape index (κ2) is 7.77. The third-order valence-electron chi connectivity index (χ3n) is 4.09. The summed E-state index contributed by atoms with van der Waals surface area (Å²) < 4.78 is 0. The van der Waals surface area contributed by atoms with Crippen LogP contribution in [0.4, 0.5) is 0 Å². The Morgan fingerprint density at radius 2 is 2.22 bits per heavy atom. The smallest absolute Gasteiger partial charge is 0.116 e. The standard InChI is InChI=1S/C19H26N4/c1-14-10-18(17(4)23(5)12-14)8-6-7-9-21-16(3)19-15(2)11-20-13-22-19/h6,8,11,13,21H,1,3,7,9-10,12H2,2,4-5H3/b8-6-. The van der Waals surface area contributed by atoms with E-state index in [1.54, 1.807) is 12.5 Å². The molecule has 0 radical (unpaired) electrons. The summed E-state index contributed by atoms with van der Waals surface area (Å²) >= 11 is 0. The van der Waals surface area contributed by atoms with Crippen LogP contribution in [0.5, 0.6) is 0 Å². The molecule has 1 N–H and O–H groups in total. The molecule has 23 heavy (non-hydrogen) atoms. The number of nitrogens with one attached hydrogen (secondary N) is 1. The average Bonchev–Trinajstić information content (AvgIpc) is 2.51. The highest BCUT2D eigenvalue weighted by atomic mass is 15.1. The lowest BCUT2D eigenvalue weighted by Gasteiger charge is -2.29. The lowest BCUT2D eigenvalue weighted by molar-refractivity contribution is 0.430. The van der Waals surface area contributed by atoms with Crippen molar-refractivity contribution >= 4 is 5.70 Å². The van der Waals surface area contributed by atoms with Crippen molar-refractivity contribution in [1.82, 2.24) is 20.2 Å². The van der Waals surface area contributed by atoms with Gasteiger partial charge in [0.25, 0.3) is 0 Å². The molecule has 0 fully saturated rings. The number of rotatable bonds is 6. The van der Waals surface area contributed by atoms with Gasteiger partial charge in [-0.25, -0.2) is 9.97 Å². The van der Waals surface area contributed by atoms with E-state index in [0.717, 1.165) is 42.9 Å². The summed E-state index contributed by atoms with van der Waals surface area (Å²) in [7, 11) is 2.11. The van der Waals surface area contributed by atoms with Gasteiger partial charge in [-0.2, -0.15) is 0 Å². The summed E-state index contributed by atoms with van der Waals surface area (Å²) in [4.78, 5) is 10.5. The van der Waals surface area contributed by atoms with Gasteiger partial charge in [-0.05, 0) is 37.8 Å². The first-order valence-electron chi connectivity index (χ1n) is 7.93. The SMILES string of the molecule is C=C1CC(/C=C\CCNC(=C)c2ncncc2C)=C(C)N(C)C1. The Kier molecular flexibility index (Phi) is 5.74. The minimum atomic E-state index is 0.835. The Bertz CT molecular complexity index is 655. The first-order valence-corrected chi connectivity index (χ1v) is 7.93. The topological polar surface area (TPSA) is 41.1 Å². The molecule has 1 aromatic heterocycles. The van der Waals surface area contributed by atoms with E-state index < -0.39 is 0 Å². The Morgan fingerprint density at radius 1 is 1.43 bits per heavy atom. The van der Waals surface area contributed by atoms with Gasteiger partial charge in [0.1, 0.15) is 6.33 Å². The molecule has 0 saturated heterocycles. The highest BCUT2D eigenvalue weighted by Gasteiger charge is 2.13. The molecule has 1 aliphatic rings. The van der Waals surface area contributed by atoms with Gasteiger partial charge in [-0.1, -0.05) is 30.9 Å². The lowest BCUT2D eigenvalue weighted by Crippen LogP contribution is -2.24. The molecule has 0 atom stereocenters. The molecule has 0 unspecified atom stereocenters. The van der Waals surface area contributed by atoms with Crippen molar-refractivity contribution in [3.8, 4) is 0 Å². The summed E-state index contributed by atoms with van der Waals surface area (Å²) in [5.74, 6) is 0. The zero-order chi connectivity index (χ0) is 16.8. The Hall–Kier alpha value is -2.36. The van der Waals surface area contributed by atoms with E-state index >= 15 is 0 Å². The number of nitrogens with zero attached hydrogens (tertiary/aromatic N) is 3. The van der Waals surface area contributed by atoms with Crippen molar-refractivity contribution in [2.75, 3.05) is 20.1 Å². The fourth-order valence-electron chi connectivity index (χ4n) is 2.66. The highest BCUT2D eigenvalue weighted by molar-refractivity contribution is 5.60. The van der Waals surface area contributed by atoms with Crippen LogP contribution in [0, 0.1) is 6.92 Å². The van der Waals surface area contributed by atoms with E-state index in [2.05, 4.69) is 59.5 Å². The normalized spacial score (nSPS) is 15.4. The zero-order valence-corrected chi connectivity index (χ0v) is 14.4. The van der Waals surface area contributed by atoms with E-state index in [9.17, 15) is 0 Å². The molecule has 2 heterocycles. The summed E-state index contributed by atoms with van der Waals surface area (Å²) in [6, 6.07) is 0. The molecule has 0 saturated carbocycles.